The number of imide groups is 1. The molecule has 27 heavy (non-hydrogen) atoms. The van der Waals surface area contributed by atoms with Crippen LogP contribution in [0.3, 0.4) is 0 Å². The number of carbonyl (C=O) groups is 4. The lowest BCUT2D eigenvalue weighted by Crippen LogP contribution is -2.52. The molecule has 1 aliphatic heterocycles. The van der Waals surface area contributed by atoms with Gasteiger partial charge in [0.15, 0.2) is 0 Å². The summed E-state index contributed by atoms with van der Waals surface area (Å²) in [5.41, 5.74) is -0.644. The molecule has 0 radical (unpaired) electrons. The second-order valence-corrected chi connectivity index (χ2v) is 7.39. The zero-order valence-electron chi connectivity index (χ0n) is 15.4. The maximum Gasteiger partial charge on any atom is 0.419 e. The number of carbonyl (C=O) groups excluding carboxylic acids is 4. The average Bonchev–Trinajstić information content (AvgIpc) is 2.95. The van der Waals surface area contributed by atoms with E-state index in [1.165, 1.54) is 6.20 Å². The van der Waals surface area contributed by atoms with Gasteiger partial charge in [-0.1, -0.05) is 24.3 Å². The highest BCUT2D eigenvalue weighted by atomic mass is 16.6. The van der Waals surface area contributed by atoms with Gasteiger partial charge in [0.1, 0.15) is 17.3 Å². The van der Waals surface area contributed by atoms with Crippen molar-refractivity contribution in [1.29, 1.82) is 0 Å². The molecule has 0 aliphatic carbocycles. The van der Waals surface area contributed by atoms with E-state index in [2.05, 4.69) is 10.6 Å². The molecule has 1 atom stereocenters. The zero-order valence-corrected chi connectivity index (χ0v) is 15.4. The van der Waals surface area contributed by atoms with Crippen LogP contribution in [0.4, 0.5) is 4.79 Å². The molecule has 2 N–H and O–H groups in total. The lowest BCUT2D eigenvalue weighted by Gasteiger charge is -2.23. The molecule has 142 valence electrons. The fourth-order valence-electron chi connectivity index (χ4n) is 2.90. The highest BCUT2D eigenvalue weighted by molar-refractivity contribution is 6.11. The lowest BCUT2D eigenvalue weighted by molar-refractivity contribution is -0.134. The van der Waals surface area contributed by atoms with Crippen molar-refractivity contribution in [3.63, 3.8) is 0 Å². The summed E-state index contributed by atoms with van der Waals surface area (Å²) in [5.74, 6) is -1.51. The van der Waals surface area contributed by atoms with E-state index in [1.54, 1.807) is 45.0 Å². The number of rotatable bonds is 2. The van der Waals surface area contributed by atoms with Crippen molar-refractivity contribution in [2.45, 2.75) is 45.3 Å². The van der Waals surface area contributed by atoms with E-state index >= 15 is 0 Å². The molecule has 3 amide bonds. The number of amides is 3. The Kier molecular flexibility index (Phi) is 4.73. The summed E-state index contributed by atoms with van der Waals surface area (Å²) in [6.07, 6.45) is 1.20. The largest absolute Gasteiger partial charge is 0.443 e. The van der Waals surface area contributed by atoms with Crippen LogP contribution in [0.5, 0.6) is 0 Å². The van der Waals surface area contributed by atoms with Crippen LogP contribution in [-0.4, -0.2) is 40.0 Å². The minimum Gasteiger partial charge on any atom is -0.443 e. The molecule has 0 bridgehead atoms. The first-order chi connectivity index (χ1) is 12.7. The summed E-state index contributed by atoms with van der Waals surface area (Å²) >= 11 is 0. The van der Waals surface area contributed by atoms with Gasteiger partial charge in [0.05, 0.1) is 0 Å². The molecule has 1 aromatic heterocycles. The Morgan fingerprint density at radius 2 is 1.93 bits per heavy atom. The molecule has 1 unspecified atom stereocenters. The fourth-order valence-corrected chi connectivity index (χ4v) is 2.90. The number of piperidine rings is 1. The third-order valence-corrected chi connectivity index (χ3v) is 4.07. The highest BCUT2D eigenvalue weighted by Gasteiger charge is 2.31. The van der Waals surface area contributed by atoms with Crippen molar-refractivity contribution in [3.05, 3.63) is 36.2 Å². The van der Waals surface area contributed by atoms with Gasteiger partial charge in [0, 0.05) is 23.4 Å². The molecule has 0 saturated carbocycles. The molecular weight excluding hydrogens is 350 g/mol. The van der Waals surface area contributed by atoms with Crippen molar-refractivity contribution in [1.82, 2.24) is 15.2 Å². The van der Waals surface area contributed by atoms with Gasteiger partial charge < -0.3 is 10.1 Å². The topological polar surface area (TPSA) is 106 Å². The van der Waals surface area contributed by atoms with Crippen LogP contribution in [-0.2, 0) is 14.3 Å². The van der Waals surface area contributed by atoms with Gasteiger partial charge in [-0.2, -0.15) is 0 Å². The number of nitrogens with one attached hydrogen (secondary N) is 2. The second-order valence-electron chi connectivity index (χ2n) is 7.39. The number of aromatic nitrogens is 1. The van der Waals surface area contributed by atoms with Gasteiger partial charge in [-0.15, -0.1) is 0 Å². The fraction of sp³-hybridized carbons (Fsp3) is 0.368. The molecule has 1 fully saturated rings. The maximum absolute atomic E-state index is 12.9. The number of hydrogen-bond donors (Lipinski definition) is 2. The third-order valence-electron chi connectivity index (χ3n) is 4.07. The Bertz CT molecular complexity index is 938. The Labute approximate surface area is 155 Å². The van der Waals surface area contributed by atoms with E-state index in [0.717, 1.165) is 4.57 Å². The van der Waals surface area contributed by atoms with Crippen LogP contribution in [0, 0.1) is 0 Å². The molecule has 1 aromatic carbocycles. The Balaban J connectivity index is 1.95. The molecule has 8 heteroatoms. The van der Waals surface area contributed by atoms with Gasteiger partial charge in [-0.3, -0.25) is 19.7 Å². The van der Waals surface area contributed by atoms with Crippen LogP contribution in [0.1, 0.15) is 44.1 Å². The molecular formula is C19H21N3O5. The lowest BCUT2D eigenvalue weighted by atomic mass is 10.1. The van der Waals surface area contributed by atoms with Gasteiger partial charge in [0.25, 0.3) is 5.91 Å². The smallest absolute Gasteiger partial charge is 0.419 e. The summed E-state index contributed by atoms with van der Waals surface area (Å²) < 4.78 is 6.54. The van der Waals surface area contributed by atoms with E-state index in [4.69, 9.17) is 4.74 Å². The van der Waals surface area contributed by atoms with Gasteiger partial charge >= 0.3 is 6.09 Å². The van der Waals surface area contributed by atoms with Crippen LogP contribution in [0.2, 0.25) is 0 Å². The number of hydrogen-bond acceptors (Lipinski definition) is 5. The number of benzene rings is 1. The maximum atomic E-state index is 12.9. The standard InChI is InChI=1S/C19H21N3O5/c1-19(2,3)27-18(26)22-10-11-6-4-5-7-12(11)15(22)17(25)20-13-8-9-14(23)21-16(13)24/h4-7,10,13H,8-9H2,1-3H3,(H,20,25)(H,21,23,24). The normalized spacial score (nSPS) is 17.5. The predicted octanol–water partition coefficient (Wildman–Crippen LogP) is 1.96. The summed E-state index contributed by atoms with van der Waals surface area (Å²) in [6.45, 7) is 5.20. The van der Waals surface area contributed by atoms with Gasteiger partial charge in [-0.25, -0.2) is 9.36 Å². The van der Waals surface area contributed by atoms with E-state index in [1.807, 2.05) is 0 Å². The van der Waals surface area contributed by atoms with Crippen LogP contribution in [0.25, 0.3) is 10.8 Å². The first-order valence-corrected chi connectivity index (χ1v) is 8.64. The predicted molar refractivity (Wildman–Crippen MR) is 97.2 cm³/mol. The first-order valence-electron chi connectivity index (χ1n) is 8.64. The van der Waals surface area contributed by atoms with Crippen molar-refractivity contribution < 1.29 is 23.9 Å². The van der Waals surface area contributed by atoms with Crippen LogP contribution < -0.4 is 10.6 Å². The van der Waals surface area contributed by atoms with Gasteiger partial charge in [0.2, 0.25) is 11.8 Å². The summed E-state index contributed by atoms with van der Waals surface area (Å²) in [5, 5.41) is 6.06. The van der Waals surface area contributed by atoms with E-state index in [9.17, 15) is 19.2 Å². The Hall–Kier alpha value is -3.16. The first kappa shape index (κ1) is 18.6. The van der Waals surface area contributed by atoms with E-state index in [0.29, 0.717) is 10.8 Å². The molecule has 1 saturated heterocycles. The molecule has 2 aromatic rings. The quantitative estimate of drug-likeness (QED) is 0.785. The number of fused-ring (bicyclic) bond motifs is 1. The molecule has 1 aliphatic rings. The molecule has 8 nitrogen and oxygen atoms in total. The highest BCUT2D eigenvalue weighted by Crippen LogP contribution is 2.23. The minimum absolute atomic E-state index is 0.0875. The third kappa shape index (κ3) is 3.99. The van der Waals surface area contributed by atoms with Crippen molar-refractivity contribution >= 4 is 34.6 Å². The monoisotopic (exact) mass is 371 g/mol. The van der Waals surface area contributed by atoms with Crippen LogP contribution >= 0.6 is 0 Å². The van der Waals surface area contributed by atoms with Crippen LogP contribution in [0.15, 0.2) is 30.5 Å². The average molecular weight is 371 g/mol. The van der Waals surface area contributed by atoms with Crippen molar-refractivity contribution in [2.75, 3.05) is 0 Å². The van der Waals surface area contributed by atoms with Crippen molar-refractivity contribution in [2.24, 2.45) is 0 Å². The Morgan fingerprint density at radius 1 is 1.22 bits per heavy atom. The van der Waals surface area contributed by atoms with E-state index < -0.39 is 29.6 Å². The van der Waals surface area contributed by atoms with Gasteiger partial charge in [-0.05, 0) is 27.2 Å². The second kappa shape index (κ2) is 6.86. The van der Waals surface area contributed by atoms with Crippen molar-refractivity contribution in [3.8, 4) is 0 Å². The molecule has 3 rings (SSSR count). The SMILES string of the molecule is CC(C)(C)OC(=O)n1cc2ccccc2c1C(=O)NC1CCC(=O)NC1=O. The van der Waals surface area contributed by atoms with E-state index in [-0.39, 0.29) is 24.4 Å². The number of nitrogens with zero attached hydrogens (tertiary/aromatic N) is 1. The summed E-state index contributed by atoms with van der Waals surface area (Å²) in [4.78, 5) is 48.7. The molecule has 0 spiro atoms. The summed E-state index contributed by atoms with van der Waals surface area (Å²) in [6, 6.07) is 6.21. The summed E-state index contributed by atoms with van der Waals surface area (Å²) in [7, 11) is 0. The number of ether oxygens (including phenoxy) is 1. The molecule has 2 heterocycles. The Morgan fingerprint density at radius 3 is 2.59 bits per heavy atom. The minimum atomic E-state index is -0.837. The zero-order chi connectivity index (χ0) is 19.8.